The van der Waals surface area contributed by atoms with Crippen molar-refractivity contribution in [2.45, 2.75) is 32.7 Å². The molecular weight excluding hydrogens is 248 g/mol. The van der Waals surface area contributed by atoms with Gasteiger partial charge in [-0.1, -0.05) is 25.1 Å². The molecular formula is C17H28N2O. The number of anilines is 1. The molecule has 0 spiro atoms. The molecule has 1 aromatic rings. The summed E-state index contributed by atoms with van der Waals surface area (Å²) >= 11 is 0. The van der Waals surface area contributed by atoms with Gasteiger partial charge in [0, 0.05) is 37.8 Å². The van der Waals surface area contributed by atoms with E-state index in [0.29, 0.717) is 12.0 Å². The SMILES string of the molecule is CCCNC1CCOCC1CN(C)c1ccccc1C. The van der Waals surface area contributed by atoms with Gasteiger partial charge in [-0.15, -0.1) is 0 Å². The molecule has 0 bridgehead atoms. The molecule has 3 heteroatoms. The molecule has 1 aliphatic heterocycles. The summed E-state index contributed by atoms with van der Waals surface area (Å²) < 4.78 is 5.69. The molecule has 112 valence electrons. The molecule has 0 aliphatic carbocycles. The van der Waals surface area contributed by atoms with E-state index in [1.807, 2.05) is 0 Å². The van der Waals surface area contributed by atoms with E-state index < -0.39 is 0 Å². The van der Waals surface area contributed by atoms with Crippen LogP contribution < -0.4 is 10.2 Å². The highest BCUT2D eigenvalue weighted by Crippen LogP contribution is 2.22. The summed E-state index contributed by atoms with van der Waals surface area (Å²) in [6.45, 7) is 8.32. The lowest BCUT2D eigenvalue weighted by Gasteiger charge is -2.36. The van der Waals surface area contributed by atoms with Gasteiger partial charge >= 0.3 is 0 Å². The van der Waals surface area contributed by atoms with Crippen LogP contribution in [0.4, 0.5) is 5.69 Å². The molecule has 2 atom stereocenters. The van der Waals surface area contributed by atoms with Gasteiger partial charge in [0.05, 0.1) is 6.61 Å². The Bertz CT molecular complexity index is 408. The number of rotatable bonds is 6. The normalized spacial score (nSPS) is 22.8. The third-order valence-corrected chi connectivity index (χ3v) is 4.17. The lowest BCUT2D eigenvalue weighted by molar-refractivity contribution is 0.0351. The lowest BCUT2D eigenvalue weighted by atomic mass is 9.94. The van der Waals surface area contributed by atoms with Crippen molar-refractivity contribution in [1.82, 2.24) is 5.32 Å². The summed E-state index contributed by atoms with van der Waals surface area (Å²) in [5, 5.41) is 3.69. The van der Waals surface area contributed by atoms with Crippen LogP contribution in [0, 0.1) is 12.8 Å². The average molecular weight is 276 g/mol. The fourth-order valence-corrected chi connectivity index (χ4v) is 3.02. The Kier molecular flexibility index (Phi) is 5.86. The van der Waals surface area contributed by atoms with E-state index in [9.17, 15) is 0 Å². The van der Waals surface area contributed by atoms with E-state index in [1.54, 1.807) is 0 Å². The van der Waals surface area contributed by atoms with E-state index in [4.69, 9.17) is 4.74 Å². The van der Waals surface area contributed by atoms with Gasteiger partial charge in [-0.25, -0.2) is 0 Å². The highest BCUT2D eigenvalue weighted by atomic mass is 16.5. The van der Waals surface area contributed by atoms with Crippen molar-refractivity contribution in [3.05, 3.63) is 29.8 Å². The first-order valence-electron chi connectivity index (χ1n) is 7.80. The number of hydrogen-bond acceptors (Lipinski definition) is 3. The fraction of sp³-hybridized carbons (Fsp3) is 0.647. The van der Waals surface area contributed by atoms with Gasteiger partial charge in [-0.05, 0) is 37.9 Å². The third-order valence-electron chi connectivity index (χ3n) is 4.17. The Hall–Kier alpha value is -1.06. The van der Waals surface area contributed by atoms with E-state index >= 15 is 0 Å². The van der Waals surface area contributed by atoms with Crippen LogP contribution in [-0.4, -0.2) is 39.4 Å². The third kappa shape index (κ3) is 3.97. The van der Waals surface area contributed by atoms with E-state index in [2.05, 4.69) is 55.4 Å². The Balaban J connectivity index is 1.97. The second-order valence-electron chi connectivity index (χ2n) is 5.85. The molecule has 0 radical (unpaired) electrons. The second-order valence-corrected chi connectivity index (χ2v) is 5.85. The van der Waals surface area contributed by atoms with Crippen LogP contribution in [0.3, 0.4) is 0 Å². The minimum Gasteiger partial charge on any atom is -0.381 e. The molecule has 2 rings (SSSR count). The maximum atomic E-state index is 5.69. The van der Waals surface area contributed by atoms with Crippen LogP contribution >= 0.6 is 0 Å². The molecule has 1 aromatic carbocycles. The molecule has 0 aromatic heterocycles. The van der Waals surface area contributed by atoms with Crippen molar-refractivity contribution in [2.75, 3.05) is 38.3 Å². The Morgan fingerprint density at radius 1 is 1.35 bits per heavy atom. The minimum atomic E-state index is 0.569. The van der Waals surface area contributed by atoms with Crippen LogP contribution in [-0.2, 0) is 4.74 Å². The standard InChI is InChI=1S/C17H28N2O/c1-4-10-18-16-9-11-20-13-15(16)12-19(3)17-8-6-5-7-14(17)2/h5-8,15-16,18H,4,9-13H2,1-3H3. The fourth-order valence-electron chi connectivity index (χ4n) is 3.02. The molecule has 1 heterocycles. The Morgan fingerprint density at radius 2 is 2.15 bits per heavy atom. The molecule has 1 aliphatic rings. The number of para-hydroxylation sites is 1. The number of aryl methyl sites for hydroxylation is 1. The van der Waals surface area contributed by atoms with Gasteiger partial charge in [0.1, 0.15) is 0 Å². The van der Waals surface area contributed by atoms with Crippen LogP contribution in [0.25, 0.3) is 0 Å². The Morgan fingerprint density at radius 3 is 2.90 bits per heavy atom. The smallest absolute Gasteiger partial charge is 0.0526 e. The van der Waals surface area contributed by atoms with Gasteiger partial charge in [-0.3, -0.25) is 0 Å². The van der Waals surface area contributed by atoms with Crippen LogP contribution in [0.1, 0.15) is 25.3 Å². The van der Waals surface area contributed by atoms with Crippen molar-refractivity contribution in [1.29, 1.82) is 0 Å². The van der Waals surface area contributed by atoms with Crippen LogP contribution in [0.15, 0.2) is 24.3 Å². The Labute approximate surface area is 123 Å². The topological polar surface area (TPSA) is 24.5 Å². The summed E-state index contributed by atoms with van der Waals surface area (Å²) in [4.78, 5) is 2.37. The molecule has 1 saturated heterocycles. The van der Waals surface area contributed by atoms with Crippen LogP contribution in [0.2, 0.25) is 0 Å². The predicted molar refractivity (Wildman–Crippen MR) is 85.5 cm³/mol. The second kappa shape index (κ2) is 7.65. The first-order chi connectivity index (χ1) is 9.72. The molecule has 2 unspecified atom stereocenters. The summed E-state index contributed by atoms with van der Waals surface area (Å²) in [6.07, 6.45) is 2.32. The number of nitrogens with one attached hydrogen (secondary N) is 1. The average Bonchev–Trinajstić information content (AvgIpc) is 2.46. The number of nitrogens with zero attached hydrogens (tertiary/aromatic N) is 1. The van der Waals surface area contributed by atoms with E-state index in [0.717, 1.165) is 32.7 Å². The van der Waals surface area contributed by atoms with Crippen molar-refractivity contribution in [3.63, 3.8) is 0 Å². The number of benzene rings is 1. The molecule has 1 N–H and O–H groups in total. The van der Waals surface area contributed by atoms with Gasteiger partial charge < -0.3 is 15.0 Å². The van der Waals surface area contributed by atoms with Gasteiger partial charge in [-0.2, -0.15) is 0 Å². The highest BCUT2D eigenvalue weighted by molar-refractivity contribution is 5.52. The van der Waals surface area contributed by atoms with Crippen LogP contribution in [0.5, 0.6) is 0 Å². The van der Waals surface area contributed by atoms with Gasteiger partial charge in [0.15, 0.2) is 0 Å². The summed E-state index contributed by atoms with van der Waals surface area (Å²) in [6, 6.07) is 9.18. The zero-order chi connectivity index (χ0) is 14.4. The van der Waals surface area contributed by atoms with E-state index in [-0.39, 0.29) is 0 Å². The van der Waals surface area contributed by atoms with Crippen molar-refractivity contribution in [2.24, 2.45) is 5.92 Å². The number of hydrogen-bond donors (Lipinski definition) is 1. The largest absolute Gasteiger partial charge is 0.381 e. The maximum Gasteiger partial charge on any atom is 0.0526 e. The van der Waals surface area contributed by atoms with Crippen molar-refractivity contribution >= 4 is 5.69 Å². The lowest BCUT2D eigenvalue weighted by Crippen LogP contribution is -2.47. The molecule has 0 saturated carbocycles. The minimum absolute atomic E-state index is 0.569. The van der Waals surface area contributed by atoms with E-state index in [1.165, 1.54) is 17.7 Å². The molecule has 1 fully saturated rings. The summed E-state index contributed by atoms with van der Waals surface area (Å²) in [5.74, 6) is 0.569. The zero-order valence-electron chi connectivity index (χ0n) is 13.1. The summed E-state index contributed by atoms with van der Waals surface area (Å²) in [5.41, 5.74) is 2.66. The maximum absolute atomic E-state index is 5.69. The summed E-state index contributed by atoms with van der Waals surface area (Å²) in [7, 11) is 2.19. The number of ether oxygens (including phenoxy) is 1. The van der Waals surface area contributed by atoms with Gasteiger partial charge in [0.25, 0.3) is 0 Å². The predicted octanol–water partition coefficient (Wildman–Crippen LogP) is 2.84. The molecule has 20 heavy (non-hydrogen) atoms. The monoisotopic (exact) mass is 276 g/mol. The molecule has 3 nitrogen and oxygen atoms in total. The van der Waals surface area contributed by atoms with Crippen molar-refractivity contribution in [3.8, 4) is 0 Å². The quantitative estimate of drug-likeness (QED) is 0.864. The first-order valence-corrected chi connectivity index (χ1v) is 7.80. The van der Waals surface area contributed by atoms with Crippen molar-refractivity contribution < 1.29 is 4.74 Å². The van der Waals surface area contributed by atoms with Gasteiger partial charge in [0.2, 0.25) is 0 Å². The molecule has 0 amide bonds. The highest BCUT2D eigenvalue weighted by Gasteiger charge is 2.26. The first kappa shape index (κ1) is 15.3. The zero-order valence-corrected chi connectivity index (χ0v) is 13.1.